The Bertz CT molecular complexity index is 1130. The second kappa shape index (κ2) is 8.54. The Morgan fingerprint density at radius 1 is 1.28 bits per heavy atom. The molecule has 32 heavy (non-hydrogen) atoms. The highest BCUT2D eigenvalue weighted by Crippen LogP contribution is 2.40. The molecule has 7 nitrogen and oxygen atoms in total. The fourth-order valence-electron chi connectivity index (χ4n) is 4.78. The zero-order chi connectivity index (χ0) is 23.0. The molecule has 3 aromatic rings. The van der Waals surface area contributed by atoms with Gasteiger partial charge in [0.2, 0.25) is 11.7 Å². The van der Waals surface area contributed by atoms with Crippen LogP contribution in [0.15, 0.2) is 22.9 Å². The van der Waals surface area contributed by atoms with Gasteiger partial charge >= 0.3 is 0 Å². The Morgan fingerprint density at radius 3 is 2.69 bits per heavy atom. The lowest BCUT2D eigenvalue weighted by Gasteiger charge is -2.30. The van der Waals surface area contributed by atoms with Gasteiger partial charge in [-0.25, -0.2) is 0 Å². The number of fused-ring (bicyclic) bond motifs is 1. The number of rotatable bonds is 6. The molecular formula is C25H33N5O2. The summed E-state index contributed by atoms with van der Waals surface area (Å²) >= 11 is 0. The van der Waals surface area contributed by atoms with Crippen molar-refractivity contribution in [3.05, 3.63) is 46.3 Å². The van der Waals surface area contributed by atoms with Crippen LogP contribution in [0.4, 0.5) is 0 Å². The lowest BCUT2D eigenvalue weighted by atomic mass is 9.76. The topological polar surface area (TPSA) is 99.0 Å². The highest BCUT2D eigenvalue weighted by Gasteiger charge is 2.31. The van der Waals surface area contributed by atoms with Gasteiger partial charge in [0.1, 0.15) is 0 Å². The van der Waals surface area contributed by atoms with Gasteiger partial charge in [0.05, 0.1) is 12.1 Å². The summed E-state index contributed by atoms with van der Waals surface area (Å²) in [5.41, 5.74) is 13.9. The molecule has 0 saturated carbocycles. The summed E-state index contributed by atoms with van der Waals surface area (Å²) in [5.74, 6) is 1.05. The van der Waals surface area contributed by atoms with E-state index in [1.165, 1.54) is 16.8 Å². The monoisotopic (exact) mass is 435 g/mol. The molecule has 0 unspecified atom stereocenters. The molecule has 1 aliphatic carbocycles. The van der Waals surface area contributed by atoms with Gasteiger partial charge in [-0.1, -0.05) is 19.0 Å². The first-order valence-electron chi connectivity index (χ1n) is 11.3. The summed E-state index contributed by atoms with van der Waals surface area (Å²) in [6.07, 6.45) is 6.13. The van der Waals surface area contributed by atoms with E-state index in [1.807, 2.05) is 0 Å². The zero-order valence-electron chi connectivity index (χ0n) is 19.7. The molecule has 4 rings (SSSR count). The molecule has 0 bridgehead atoms. The third kappa shape index (κ3) is 4.35. The van der Waals surface area contributed by atoms with E-state index in [0.29, 0.717) is 23.7 Å². The molecule has 0 saturated heterocycles. The number of aromatic nitrogens is 3. The van der Waals surface area contributed by atoms with Crippen molar-refractivity contribution in [2.24, 2.45) is 18.2 Å². The number of carbonyl (C=O) groups is 1. The third-order valence-corrected chi connectivity index (χ3v) is 6.61. The van der Waals surface area contributed by atoms with Gasteiger partial charge in [-0.15, -0.1) is 0 Å². The summed E-state index contributed by atoms with van der Waals surface area (Å²) < 4.78 is 7.93. The molecule has 170 valence electrons. The molecule has 0 spiro atoms. The van der Waals surface area contributed by atoms with Crippen LogP contribution >= 0.6 is 0 Å². The third-order valence-electron chi connectivity index (χ3n) is 6.61. The Kier molecular flexibility index (Phi) is 5.95. The van der Waals surface area contributed by atoms with E-state index in [4.69, 9.17) is 15.2 Å². The summed E-state index contributed by atoms with van der Waals surface area (Å²) in [6, 6.07) is 4.18. The van der Waals surface area contributed by atoms with Crippen molar-refractivity contribution in [2.45, 2.75) is 53.4 Å². The molecule has 7 heteroatoms. The maximum atomic E-state index is 11.4. The lowest BCUT2D eigenvalue weighted by Crippen LogP contribution is -2.31. The minimum absolute atomic E-state index is 0.0133. The van der Waals surface area contributed by atoms with Crippen molar-refractivity contribution >= 4 is 5.91 Å². The van der Waals surface area contributed by atoms with Gasteiger partial charge in [0, 0.05) is 31.0 Å². The van der Waals surface area contributed by atoms with E-state index >= 15 is 0 Å². The van der Waals surface area contributed by atoms with Crippen molar-refractivity contribution in [2.75, 3.05) is 13.1 Å². The zero-order valence-corrected chi connectivity index (χ0v) is 19.7. The van der Waals surface area contributed by atoms with Crippen LogP contribution in [-0.4, -0.2) is 33.7 Å². The van der Waals surface area contributed by atoms with Gasteiger partial charge in [-0.2, -0.15) is 4.98 Å². The number of carbonyl (C=O) groups excluding carboxylic acids is 1. The molecule has 1 aromatic carbocycles. The number of hydrogen-bond acceptors (Lipinski definition) is 5. The standard InChI is InChI=1S/C25H33N5O2/c1-15-10-17(11-16(2)18(15)7-9-27-22(31)13-26)23-28-24(32-29-23)20-14-30(5)21-12-25(3,4)8-6-19(20)21/h10-11,14H,6-9,12-13,26H2,1-5H3,(H,27,31). The van der Waals surface area contributed by atoms with Crippen LogP contribution < -0.4 is 11.1 Å². The van der Waals surface area contributed by atoms with Crippen LogP contribution in [0.2, 0.25) is 0 Å². The van der Waals surface area contributed by atoms with Gasteiger partial charge in [0.25, 0.3) is 5.89 Å². The number of benzene rings is 1. The first kappa shape index (κ1) is 22.3. The van der Waals surface area contributed by atoms with Crippen LogP contribution in [0, 0.1) is 19.3 Å². The molecule has 0 fully saturated rings. The molecule has 1 amide bonds. The van der Waals surface area contributed by atoms with Crippen molar-refractivity contribution in [3.8, 4) is 22.8 Å². The fourth-order valence-corrected chi connectivity index (χ4v) is 4.78. The SMILES string of the molecule is Cc1cc(-c2noc(-c3cn(C)c4c3CCC(C)(C)C4)n2)cc(C)c1CCNC(=O)CN. The Morgan fingerprint density at radius 2 is 2.00 bits per heavy atom. The van der Waals surface area contributed by atoms with E-state index < -0.39 is 0 Å². The second-order valence-corrected chi connectivity index (χ2v) is 9.74. The molecule has 2 aromatic heterocycles. The Hall–Kier alpha value is -2.93. The first-order valence-corrected chi connectivity index (χ1v) is 11.3. The normalized spacial score (nSPS) is 14.9. The lowest BCUT2D eigenvalue weighted by molar-refractivity contribution is -0.119. The summed E-state index contributed by atoms with van der Waals surface area (Å²) in [6.45, 7) is 9.39. The predicted octanol–water partition coefficient (Wildman–Crippen LogP) is 3.49. The minimum Gasteiger partial charge on any atom is -0.355 e. The van der Waals surface area contributed by atoms with Crippen LogP contribution in [-0.2, 0) is 31.1 Å². The van der Waals surface area contributed by atoms with Crippen LogP contribution in [0.1, 0.15) is 48.2 Å². The number of hydrogen-bond donors (Lipinski definition) is 2. The molecule has 3 N–H and O–H groups in total. The highest BCUT2D eigenvalue weighted by atomic mass is 16.5. The molecule has 0 radical (unpaired) electrons. The average Bonchev–Trinajstić information content (AvgIpc) is 3.34. The van der Waals surface area contributed by atoms with E-state index in [0.717, 1.165) is 47.9 Å². The summed E-state index contributed by atoms with van der Waals surface area (Å²) in [5, 5.41) is 7.12. The fraction of sp³-hybridized carbons (Fsp3) is 0.480. The van der Waals surface area contributed by atoms with Gasteiger partial charge < -0.3 is 20.1 Å². The van der Waals surface area contributed by atoms with E-state index in [1.54, 1.807) is 0 Å². The minimum atomic E-state index is -0.136. The van der Waals surface area contributed by atoms with Crippen molar-refractivity contribution in [3.63, 3.8) is 0 Å². The Balaban J connectivity index is 1.58. The maximum absolute atomic E-state index is 11.4. The molecule has 0 atom stereocenters. The first-order chi connectivity index (χ1) is 15.2. The number of nitrogens with one attached hydrogen (secondary N) is 1. The highest BCUT2D eigenvalue weighted by molar-refractivity contribution is 5.77. The number of nitrogens with zero attached hydrogens (tertiary/aromatic N) is 3. The van der Waals surface area contributed by atoms with Crippen molar-refractivity contribution in [1.29, 1.82) is 0 Å². The number of nitrogens with two attached hydrogens (primary N) is 1. The molecule has 0 aliphatic heterocycles. The molecule has 1 aliphatic rings. The van der Waals surface area contributed by atoms with E-state index in [9.17, 15) is 4.79 Å². The maximum Gasteiger partial charge on any atom is 0.260 e. The van der Waals surface area contributed by atoms with Crippen LogP contribution in [0.3, 0.4) is 0 Å². The molecular weight excluding hydrogens is 402 g/mol. The molecule has 2 heterocycles. The van der Waals surface area contributed by atoms with Gasteiger partial charge in [0.15, 0.2) is 0 Å². The van der Waals surface area contributed by atoms with Gasteiger partial charge in [-0.05, 0) is 79.3 Å². The smallest absolute Gasteiger partial charge is 0.260 e. The second-order valence-electron chi connectivity index (χ2n) is 9.74. The van der Waals surface area contributed by atoms with E-state index in [2.05, 4.69) is 68.1 Å². The predicted molar refractivity (Wildman–Crippen MR) is 125 cm³/mol. The Labute approximate surface area is 189 Å². The van der Waals surface area contributed by atoms with E-state index in [-0.39, 0.29) is 12.5 Å². The average molecular weight is 436 g/mol. The van der Waals surface area contributed by atoms with Crippen LogP contribution in [0.5, 0.6) is 0 Å². The van der Waals surface area contributed by atoms with Crippen molar-refractivity contribution in [1.82, 2.24) is 20.0 Å². The summed E-state index contributed by atoms with van der Waals surface area (Å²) in [4.78, 5) is 16.1. The van der Waals surface area contributed by atoms with Crippen molar-refractivity contribution < 1.29 is 9.32 Å². The summed E-state index contributed by atoms with van der Waals surface area (Å²) in [7, 11) is 2.10. The van der Waals surface area contributed by atoms with Gasteiger partial charge in [-0.3, -0.25) is 4.79 Å². The quantitative estimate of drug-likeness (QED) is 0.617. The van der Waals surface area contributed by atoms with Crippen LogP contribution in [0.25, 0.3) is 22.8 Å². The largest absolute Gasteiger partial charge is 0.355 e. The number of aryl methyl sites for hydroxylation is 3. The number of amides is 1.